The number of amides is 2. The van der Waals surface area contributed by atoms with Crippen molar-refractivity contribution in [1.82, 2.24) is 9.80 Å². The monoisotopic (exact) mass is 536 g/mol. The van der Waals surface area contributed by atoms with Gasteiger partial charge < -0.3 is 24.4 Å². The van der Waals surface area contributed by atoms with Gasteiger partial charge in [-0.2, -0.15) is 0 Å². The molecule has 1 aromatic rings. The third-order valence-corrected chi connectivity index (χ3v) is 9.13. The second kappa shape index (κ2) is 11.6. The van der Waals surface area contributed by atoms with Crippen molar-refractivity contribution in [3.05, 3.63) is 61.2 Å². The van der Waals surface area contributed by atoms with E-state index in [1.54, 1.807) is 12.2 Å². The Morgan fingerprint density at radius 1 is 1.15 bits per heavy atom. The third kappa shape index (κ3) is 4.72. The van der Waals surface area contributed by atoms with Crippen LogP contribution >= 0.6 is 0 Å². The van der Waals surface area contributed by atoms with Gasteiger partial charge in [-0.15, -0.1) is 13.2 Å². The molecular formula is C31H40N2O6. The van der Waals surface area contributed by atoms with Gasteiger partial charge in [0.1, 0.15) is 11.6 Å². The summed E-state index contributed by atoms with van der Waals surface area (Å²) in [5.41, 5.74) is -0.410. The van der Waals surface area contributed by atoms with Crippen LogP contribution in [-0.2, 0) is 23.9 Å². The first-order valence-corrected chi connectivity index (χ1v) is 14.3. The summed E-state index contributed by atoms with van der Waals surface area (Å²) in [6.45, 7) is 7.78. The van der Waals surface area contributed by atoms with E-state index in [-0.39, 0.29) is 31.1 Å². The first-order chi connectivity index (χ1) is 19.0. The molecule has 4 aliphatic rings. The predicted molar refractivity (Wildman–Crippen MR) is 145 cm³/mol. The summed E-state index contributed by atoms with van der Waals surface area (Å²) in [7, 11) is 0. The molecule has 1 N–H and O–H groups in total. The number of aliphatic hydroxyl groups excluding tert-OH is 1. The van der Waals surface area contributed by atoms with E-state index < -0.39 is 41.6 Å². The van der Waals surface area contributed by atoms with Gasteiger partial charge in [0.05, 0.1) is 37.2 Å². The van der Waals surface area contributed by atoms with Gasteiger partial charge in [-0.1, -0.05) is 61.7 Å². The summed E-state index contributed by atoms with van der Waals surface area (Å²) in [6, 6.07) is 7.63. The number of esters is 1. The molecule has 8 nitrogen and oxygen atoms in total. The quantitative estimate of drug-likeness (QED) is 0.264. The zero-order valence-corrected chi connectivity index (χ0v) is 22.6. The van der Waals surface area contributed by atoms with E-state index in [2.05, 4.69) is 13.2 Å². The molecule has 6 atom stereocenters. The second-order valence-corrected chi connectivity index (χ2v) is 11.2. The number of benzene rings is 1. The minimum atomic E-state index is -1.14. The first-order valence-electron chi connectivity index (χ1n) is 14.3. The van der Waals surface area contributed by atoms with Crippen molar-refractivity contribution in [2.75, 3.05) is 19.8 Å². The lowest BCUT2D eigenvalue weighted by Crippen LogP contribution is -2.59. The Bertz CT molecular complexity index is 1090. The van der Waals surface area contributed by atoms with Gasteiger partial charge in [0.2, 0.25) is 11.8 Å². The molecule has 4 fully saturated rings. The van der Waals surface area contributed by atoms with Gasteiger partial charge in [-0.3, -0.25) is 14.4 Å². The SMILES string of the molecule is C=CCCOC(=O)[C@@H]1[C@H]2C(=O)N([C@H](CO)c3ccccc3)C(C(=O)N(CC=C)C3CCCCC3)C23CC[C@H]1O3. The number of likely N-dealkylation sites (tertiary alicyclic amines) is 1. The van der Waals surface area contributed by atoms with Gasteiger partial charge in [-0.05, 0) is 37.7 Å². The summed E-state index contributed by atoms with van der Waals surface area (Å²) in [4.78, 5) is 45.7. The number of ether oxygens (including phenoxy) is 2. The van der Waals surface area contributed by atoms with Crippen LogP contribution in [0.2, 0.25) is 0 Å². The van der Waals surface area contributed by atoms with E-state index in [0.717, 1.165) is 37.7 Å². The molecule has 1 aliphatic carbocycles. The number of hydrogen-bond donors (Lipinski definition) is 1. The number of rotatable bonds is 11. The zero-order valence-electron chi connectivity index (χ0n) is 22.6. The number of aliphatic hydroxyl groups is 1. The zero-order chi connectivity index (χ0) is 27.6. The van der Waals surface area contributed by atoms with Gasteiger partial charge in [0.15, 0.2) is 0 Å². The maximum Gasteiger partial charge on any atom is 0.312 e. The Balaban J connectivity index is 1.57. The van der Waals surface area contributed by atoms with Crippen LogP contribution in [-0.4, -0.2) is 76.2 Å². The number of carbonyl (C=O) groups excluding carboxylic acids is 3. The molecule has 0 aromatic heterocycles. The molecule has 3 heterocycles. The van der Waals surface area contributed by atoms with Crippen LogP contribution in [0, 0.1) is 11.8 Å². The Labute approximate surface area is 230 Å². The minimum Gasteiger partial charge on any atom is -0.465 e. The highest BCUT2D eigenvalue weighted by molar-refractivity contribution is 5.98. The molecular weight excluding hydrogens is 496 g/mol. The van der Waals surface area contributed by atoms with Crippen LogP contribution < -0.4 is 0 Å². The average Bonchev–Trinajstić information content (AvgIpc) is 3.61. The maximum absolute atomic E-state index is 14.7. The summed E-state index contributed by atoms with van der Waals surface area (Å²) in [6.07, 6.45) is 9.57. The standard InChI is InChI=1S/C31H40N2O6/c1-3-5-19-38-30(37)25-24-16-17-31(39-24)26(25)28(35)33(23(20-34)21-12-8-6-9-13-21)27(31)29(36)32(18-4-2)22-14-10-7-11-15-22/h3-4,6,8-9,12-13,22-27,34H,1-2,5,7,10-11,14-20H2/t23-,24-,25+,26+,27?,31?/m1/s1. The summed E-state index contributed by atoms with van der Waals surface area (Å²) < 4.78 is 12.1. The number of fused-ring (bicyclic) bond motifs is 1. The van der Waals surface area contributed by atoms with Crippen molar-refractivity contribution in [2.24, 2.45) is 11.8 Å². The molecule has 2 unspecified atom stereocenters. The lowest BCUT2D eigenvalue weighted by atomic mass is 9.70. The highest BCUT2D eigenvalue weighted by Gasteiger charge is 2.75. The second-order valence-electron chi connectivity index (χ2n) is 11.2. The van der Waals surface area contributed by atoms with Crippen molar-refractivity contribution >= 4 is 17.8 Å². The number of hydrogen-bond acceptors (Lipinski definition) is 6. The molecule has 3 aliphatic heterocycles. The lowest BCUT2D eigenvalue weighted by molar-refractivity contribution is -0.157. The maximum atomic E-state index is 14.7. The minimum absolute atomic E-state index is 0.0548. The summed E-state index contributed by atoms with van der Waals surface area (Å²) in [5.74, 6) is -2.60. The van der Waals surface area contributed by atoms with Crippen molar-refractivity contribution < 1.29 is 29.0 Å². The number of carbonyl (C=O) groups is 3. The lowest BCUT2D eigenvalue weighted by Gasteiger charge is -2.42. The Kier molecular flexibility index (Phi) is 8.24. The molecule has 210 valence electrons. The normalized spacial score (nSPS) is 30.6. The Morgan fingerprint density at radius 3 is 2.56 bits per heavy atom. The van der Waals surface area contributed by atoms with Gasteiger partial charge in [-0.25, -0.2) is 0 Å². The van der Waals surface area contributed by atoms with Crippen molar-refractivity contribution in [2.45, 2.75) is 81.2 Å². The highest BCUT2D eigenvalue weighted by Crippen LogP contribution is 2.60. The Morgan fingerprint density at radius 2 is 1.90 bits per heavy atom. The highest BCUT2D eigenvalue weighted by atomic mass is 16.6. The topological polar surface area (TPSA) is 96.4 Å². The fourth-order valence-electron chi connectivity index (χ4n) is 7.45. The van der Waals surface area contributed by atoms with Crippen molar-refractivity contribution in [3.8, 4) is 0 Å². The molecule has 2 bridgehead atoms. The molecule has 5 rings (SSSR count). The van der Waals surface area contributed by atoms with E-state index in [1.165, 1.54) is 4.90 Å². The van der Waals surface area contributed by atoms with Crippen molar-refractivity contribution in [1.29, 1.82) is 0 Å². The summed E-state index contributed by atoms with van der Waals surface area (Å²) in [5, 5.41) is 10.6. The first kappa shape index (κ1) is 27.6. The molecule has 39 heavy (non-hydrogen) atoms. The van der Waals surface area contributed by atoms with E-state index in [9.17, 15) is 19.5 Å². The number of nitrogens with zero attached hydrogens (tertiary/aromatic N) is 2. The van der Waals surface area contributed by atoms with Crippen LogP contribution in [0.3, 0.4) is 0 Å². The molecule has 1 aromatic carbocycles. The van der Waals surface area contributed by atoms with Gasteiger partial charge in [0, 0.05) is 12.6 Å². The van der Waals surface area contributed by atoms with Gasteiger partial charge in [0.25, 0.3) is 0 Å². The van der Waals surface area contributed by atoms with E-state index in [1.807, 2.05) is 35.2 Å². The van der Waals surface area contributed by atoms with Crippen LogP contribution in [0.4, 0.5) is 0 Å². The van der Waals surface area contributed by atoms with Crippen LogP contribution in [0.5, 0.6) is 0 Å². The predicted octanol–water partition coefficient (Wildman–Crippen LogP) is 3.56. The fraction of sp³-hybridized carbons (Fsp3) is 0.581. The average molecular weight is 537 g/mol. The molecule has 8 heteroatoms. The molecule has 0 radical (unpaired) electrons. The smallest absolute Gasteiger partial charge is 0.312 e. The molecule has 3 saturated heterocycles. The summed E-state index contributed by atoms with van der Waals surface area (Å²) >= 11 is 0. The Hall–Kier alpha value is -2.97. The van der Waals surface area contributed by atoms with Gasteiger partial charge >= 0.3 is 5.97 Å². The molecule has 1 saturated carbocycles. The molecule has 2 amide bonds. The fourth-order valence-corrected chi connectivity index (χ4v) is 7.45. The van der Waals surface area contributed by atoms with Crippen LogP contribution in [0.15, 0.2) is 55.6 Å². The third-order valence-electron chi connectivity index (χ3n) is 9.13. The largest absolute Gasteiger partial charge is 0.465 e. The van der Waals surface area contributed by atoms with E-state index in [4.69, 9.17) is 9.47 Å². The van der Waals surface area contributed by atoms with Crippen molar-refractivity contribution in [3.63, 3.8) is 0 Å². The van der Waals surface area contributed by atoms with Crippen LogP contribution in [0.25, 0.3) is 0 Å². The van der Waals surface area contributed by atoms with Crippen LogP contribution in [0.1, 0.15) is 63.0 Å². The van der Waals surface area contributed by atoms with E-state index >= 15 is 0 Å². The van der Waals surface area contributed by atoms with E-state index in [0.29, 0.717) is 25.8 Å². The molecule has 1 spiro atoms.